The molecule has 1 aliphatic heterocycles. The fourth-order valence-electron chi connectivity index (χ4n) is 2.35. The van der Waals surface area contributed by atoms with Gasteiger partial charge in [0.05, 0.1) is 11.8 Å². The van der Waals surface area contributed by atoms with Crippen LogP contribution in [-0.2, 0) is 4.74 Å². The highest BCUT2D eigenvalue weighted by Crippen LogP contribution is 2.14. The smallest absolute Gasteiger partial charge is 0.277 e. The van der Waals surface area contributed by atoms with Crippen molar-refractivity contribution in [2.75, 3.05) is 13.2 Å². The van der Waals surface area contributed by atoms with E-state index in [1.807, 2.05) is 0 Å². The lowest BCUT2D eigenvalue weighted by Gasteiger charge is -2.10. The van der Waals surface area contributed by atoms with E-state index in [2.05, 4.69) is 20.5 Å². The summed E-state index contributed by atoms with van der Waals surface area (Å²) in [6.45, 7) is 1.13. The highest BCUT2D eigenvalue weighted by Gasteiger charge is 2.18. The molecular formula is C15H16N4O3. The molecule has 0 unspecified atom stereocenters. The summed E-state index contributed by atoms with van der Waals surface area (Å²) in [5.41, 5.74) is 0.825. The number of nitrogens with one attached hydrogen (secondary N) is 2. The summed E-state index contributed by atoms with van der Waals surface area (Å²) in [6.07, 6.45) is 5.21. The van der Waals surface area contributed by atoms with E-state index in [0.717, 1.165) is 25.0 Å². The Kier molecular flexibility index (Phi) is 4.24. The van der Waals surface area contributed by atoms with Crippen LogP contribution >= 0.6 is 0 Å². The molecule has 22 heavy (non-hydrogen) atoms. The average molecular weight is 300 g/mol. The van der Waals surface area contributed by atoms with Gasteiger partial charge in [-0.1, -0.05) is 0 Å². The van der Waals surface area contributed by atoms with Crippen LogP contribution in [0, 0.1) is 0 Å². The van der Waals surface area contributed by atoms with Gasteiger partial charge in [0.15, 0.2) is 0 Å². The lowest BCUT2D eigenvalue weighted by atomic mass is 10.1. The highest BCUT2D eigenvalue weighted by molar-refractivity contribution is 5.94. The van der Waals surface area contributed by atoms with Gasteiger partial charge in [0.1, 0.15) is 5.56 Å². The molecule has 2 aromatic heterocycles. The van der Waals surface area contributed by atoms with Crippen molar-refractivity contribution in [3.8, 4) is 11.3 Å². The summed E-state index contributed by atoms with van der Waals surface area (Å²) >= 11 is 0. The summed E-state index contributed by atoms with van der Waals surface area (Å²) in [6, 6.07) is 5.00. The minimum Gasteiger partial charge on any atom is -0.376 e. The molecule has 3 rings (SSSR count). The van der Waals surface area contributed by atoms with E-state index in [9.17, 15) is 9.59 Å². The van der Waals surface area contributed by atoms with Crippen molar-refractivity contribution >= 4 is 5.91 Å². The van der Waals surface area contributed by atoms with Gasteiger partial charge in [0.2, 0.25) is 0 Å². The second-order valence-electron chi connectivity index (χ2n) is 5.08. The number of hydrogen-bond donors (Lipinski definition) is 2. The topological polar surface area (TPSA) is 97.0 Å². The molecule has 0 radical (unpaired) electrons. The molecule has 2 N–H and O–H groups in total. The predicted molar refractivity (Wildman–Crippen MR) is 79.4 cm³/mol. The molecule has 1 atom stereocenters. The maximum Gasteiger partial charge on any atom is 0.277 e. The van der Waals surface area contributed by atoms with E-state index < -0.39 is 11.5 Å². The lowest BCUT2D eigenvalue weighted by molar-refractivity contribution is 0.0856. The zero-order valence-corrected chi connectivity index (χ0v) is 11.9. The van der Waals surface area contributed by atoms with E-state index in [-0.39, 0.29) is 11.7 Å². The van der Waals surface area contributed by atoms with Crippen molar-refractivity contribution in [3.63, 3.8) is 0 Å². The lowest BCUT2D eigenvalue weighted by Crippen LogP contribution is -2.35. The Balaban J connectivity index is 1.77. The summed E-state index contributed by atoms with van der Waals surface area (Å²) in [4.78, 5) is 27.9. The zero-order chi connectivity index (χ0) is 15.4. The average Bonchev–Trinajstić information content (AvgIpc) is 3.07. The van der Waals surface area contributed by atoms with Gasteiger partial charge in [-0.2, -0.15) is 5.10 Å². The first-order valence-electron chi connectivity index (χ1n) is 7.14. The van der Waals surface area contributed by atoms with Gasteiger partial charge in [-0.3, -0.25) is 14.6 Å². The summed E-state index contributed by atoms with van der Waals surface area (Å²) in [7, 11) is 0. The predicted octanol–water partition coefficient (Wildman–Crippen LogP) is 0.741. The molecule has 1 fully saturated rings. The molecule has 7 heteroatoms. The van der Waals surface area contributed by atoms with E-state index in [0.29, 0.717) is 12.2 Å². The Bertz CT molecular complexity index is 708. The Morgan fingerprint density at radius 2 is 2.23 bits per heavy atom. The molecule has 114 valence electrons. The number of carbonyl (C=O) groups excluding carboxylic acids is 1. The number of aromatic nitrogens is 3. The number of nitrogens with zero attached hydrogens (tertiary/aromatic N) is 2. The highest BCUT2D eigenvalue weighted by atomic mass is 16.5. The first-order valence-corrected chi connectivity index (χ1v) is 7.14. The maximum atomic E-state index is 12.2. The Morgan fingerprint density at radius 1 is 1.41 bits per heavy atom. The van der Waals surface area contributed by atoms with E-state index in [1.54, 1.807) is 24.5 Å². The third-order valence-corrected chi connectivity index (χ3v) is 3.54. The fraction of sp³-hybridized carbons (Fsp3) is 0.333. The van der Waals surface area contributed by atoms with Crippen LogP contribution < -0.4 is 10.9 Å². The van der Waals surface area contributed by atoms with Crippen molar-refractivity contribution in [3.05, 3.63) is 46.5 Å². The molecule has 0 saturated carbocycles. The number of amides is 1. The van der Waals surface area contributed by atoms with Crippen molar-refractivity contribution in [2.45, 2.75) is 18.9 Å². The summed E-state index contributed by atoms with van der Waals surface area (Å²) in [5.74, 6) is -0.422. The molecule has 2 aromatic rings. The van der Waals surface area contributed by atoms with Crippen LogP contribution in [0.25, 0.3) is 11.3 Å². The van der Waals surface area contributed by atoms with Gasteiger partial charge in [-0.05, 0) is 31.0 Å². The molecule has 7 nitrogen and oxygen atoms in total. The zero-order valence-electron chi connectivity index (χ0n) is 11.9. The minimum atomic E-state index is -0.511. The molecule has 0 bridgehead atoms. The normalized spacial score (nSPS) is 17.4. The number of H-pyrrole nitrogens is 1. The number of ether oxygens (including phenoxy) is 1. The molecule has 0 aliphatic carbocycles. The third kappa shape index (κ3) is 3.20. The van der Waals surface area contributed by atoms with Crippen LogP contribution in [-0.4, -0.2) is 40.3 Å². The van der Waals surface area contributed by atoms with Crippen LogP contribution in [0.4, 0.5) is 0 Å². The van der Waals surface area contributed by atoms with E-state index >= 15 is 0 Å². The van der Waals surface area contributed by atoms with Crippen molar-refractivity contribution in [2.24, 2.45) is 0 Å². The van der Waals surface area contributed by atoms with Crippen molar-refractivity contribution in [1.29, 1.82) is 0 Å². The number of rotatable bonds is 4. The van der Waals surface area contributed by atoms with Gasteiger partial charge in [-0.15, -0.1) is 0 Å². The maximum absolute atomic E-state index is 12.2. The fourth-order valence-corrected chi connectivity index (χ4v) is 2.35. The number of pyridine rings is 1. The first kappa shape index (κ1) is 14.4. The molecular weight excluding hydrogens is 284 g/mol. The SMILES string of the molecule is O=C(NC[C@H]1CCCO1)c1cc(-c2ccncc2)n[nH]c1=O. The number of carbonyl (C=O) groups is 1. The van der Waals surface area contributed by atoms with Crippen molar-refractivity contribution in [1.82, 2.24) is 20.5 Å². The molecule has 1 saturated heterocycles. The van der Waals surface area contributed by atoms with Crippen LogP contribution in [0.2, 0.25) is 0 Å². The number of hydrogen-bond acceptors (Lipinski definition) is 5. The van der Waals surface area contributed by atoms with Crippen LogP contribution in [0.3, 0.4) is 0 Å². The minimum absolute atomic E-state index is 0.0320. The first-order chi connectivity index (χ1) is 10.7. The van der Waals surface area contributed by atoms with Gasteiger partial charge in [0, 0.05) is 31.1 Å². The van der Waals surface area contributed by atoms with E-state index in [1.165, 1.54) is 6.07 Å². The van der Waals surface area contributed by atoms with Crippen LogP contribution in [0.15, 0.2) is 35.4 Å². The Hall–Kier alpha value is -2.54. The standard InChI is InChI=1S/C15H16N4O3/c20-14(17-9-11-2-1-7-22-11)12-8-13(18-19-15(12)21)10-3-5-16-6-4-10/h3-6,8,11H,1-2,7,9H2,(H,17,20)(H,19,21)/t11-/m1/s1. The molecule has 0 aromatic carbocycles. The Labute approximate surface area is 126 Å². The molecule has 1 aliphatic rings. The summed E-state index contributed by atoms with van der Waals surface area (Å²) in [5, 5.41) is 9.05. The second-order valence-corrected chi connectivity index (χ2v) is 5.08. The summed E-state index contributed by atoms with van der Waals surface area (Å²) < 4.78 is 5.44. The van der Waals surface area contributed by atoms with Gasteiger partial charge < -0.3 is 10.1 Å². The van der Waals surface area contributed by atoms with Crippen LogP contribution in [0.5, 0.6) is 0 Å². The van der Waals surface area contributed by atoms with Crippen molar-refractivity contribution < 1.29 is 9.53 Å². The second kappa shape index (κ2) is 6.48. The molecule has 1 amide bonds. The molecule has 3 heterocycles. The molecule has 0 spiro atoms. The van der Waals surface area contributed by atoms with Gasteiger partial charge >= 0.3 is 0 Å². The Morgan fingerprint density at radius 3 is 2.95 bits per heavy atom. The third-order valence-electron chi connectivity index (χ3n) is 3.54. The largest absolute Gasteiger partial charge is 0.376 e. The quantitative estimate of drug-likeness (QED) is 0.868. The monoisotopic (exact) mass is 300 g/mol. The van der Waals surface area contributed by atoms with Gasteiger partial charge in [-0.25, -0.2) is 5.10 Å². The van der Waals surface area contributed by atoms with E-state index in [4.69, 9.17) is 4.74 Å². The number of aromatic amines is 1. The van der Waals surface area contributed by atoms with Crippen LogP contribution in [0.1, 0.15) is 23.2 Å². The van der Waals surface area contributed by atoms with Gasteiger partial charge in [0.25, 0.3) is 11.5 Å².